The van der Waals surface area contributed by atoms with Crippen LogP contribution in [0.1, 0.15) is 10.4 Å². The molecule has 0 saturated heterocycles. The Morgan fingerprint density at radius 1 is 1.44 bits per heavy atom. The molecular weight excluding hydrogens is 278 g/mol. The van der Waals surface area contributed by atoms with E-state index in [1.54, 1.807) is 6.07 Å². The quantitative estimate of drug-likeness (QED) is 0.877. The zero-order valence-electron chi connectivity index (χ0n) is 7.85. The zero-order chi connectivity index (χ0) is 11.5. The van der Waals surface area contributed by atoms with Gasteiger partial charge in [0.05, 0.1) is 0 Å². The highest BCUT2D eigenvalue weighted by molar-refractivity contribution is 9.10. The molecule has 2 rings (SSSR count). The molecule has 2 N–H and O–H groups in total. The molecule has 0 radical (unpaired) electrons. The Morgan fingerprint density at radius 2 is 2.25 bits per heavy atom. The summed E-state index contributed by atoms with van der Waals surface area (Å²) in [4.78, 5) is 11.6. The molecule has 16 heavy (non-hydrogen) atoms. The van der Waals surface area contributed by atoms with Crippen molar-refractivity contribution in [2.24, 2.45) is 0 Å². The number of phenols is 1. The van der Waals surface area contributed by atoms with Gasteiger partial charge < -0.3 is 9.52 Å². The smallest absolute Gasteiger partial charge is 0.322 e. The van der Waals surface area contributed by atoms with Crippen molar-refractivity contribution < 1.29 is 14.3 Å². The van der Waals surface area contributed by atoms with Crippen molar-refractivity contribution in [3.8, 4) is 5.75 Å². The number of aromatic hydroxyl groups is 1. The minimum Gasteiger partial charge on any atom is -0.508 e. The summed E-state index contributed by atoms with van der Waals surface area (Å²) in [7, 11) is 0. The molecular formula is C9H6BrN3O3. The van der Waals surface area contributed by atoms with Crippen molar-refractivity contribution in [2.45, 2.75) is 0 Å². The Kier molecular flexibility index (Phi) is 2.86. The van der Waals surface area contributed by atoms with Gasteiger partial charge in [-0.3, -0.25) is 10.1 Å². The number of anilines is 1. The number of halogens is 1. The first-order chi connectivity index (χ1) is 7.65. The third kappa shape index (κ3) is 2.37. The van der Waals surface area contributed by atoms with E-state index in [9.17, 15) is 9.90 Å². The number of rotatable bonds is 2. The molecule has 2 aromatic rings. The SMILES string of the molecule is O=C(Nc1nnco1)c1cc(O)cc(Br)c1. The zero-order valence-corrected chi connectivity index (χ0v) is 9.43. The Labute approximate surface area is 98.4 Å². The number of hydrogen-bond acceptors (Lipinski definition) is 5. The topological polar surface area (TPSA) is 88.3 Å². The van der Waals surface area contributed by atoms with E-state index >= 15 is 0 Å². The molecule has 7 heteroatoms. The highest BCUT2D eigenvalue weighted by atomic mass is 79.9. The van der Waals surface area contributed by atoms with Crippen molar-refractivity contribution in [3.05, 3.63) is 34.6 Å². The minimum absolute atomic E-state index is 0.00413. The summed E-state index contributed by atoms with van der Waals surface area (Å²) in [6.07, 6.45) is 1.11. The standard InChI is InChI=1S/C9H6BrN3O3/c10-6-1-5(2-7(14)3-6)8(15)12-9-13-11-4-16-9/h1-4,14H,(H,12,13,15). The van der Waals surface area contributed by atoms with Crippen molar-refractivity contribution in [3.63, 3.8) is 0 Å². The summed E-state index contributed by atoms with van der Waals surface area (Å²) in [5.74, 6) is -0.453. The van der Waals surface area contributed by atoms with Gasteiger partial charge in [-0.05, 0) is 18.2 Å². The van der Waals surface area contributed by atoms with Crippen LogP contribution in [0.4, 0.5) is 6.01 Å². The molecule has 1 amide bonds. The molecule has 6 nitrogen and oxygen atoms in total. The second-order valence-corrected chi connectivity index (χ2v) is 3.81. The number of carbonyl (C=O) groups excluding carboxylic acids is 1. The number of carbonyl (C=O) groups is 1. The lowest BCUT2D eigenvalue weighted by Gasteiger charge is -2.02. The average Bonchev–Trinajstić information content (AvgIpc) is 2.68. The first kappa shape index (κ1) is 10.6. The Morgan fingerprint density at radius 3 is 2.88 bits per heavy atom. The summed E-state index contributed by atoms with van der Waals surface area (Å²) in [6, 6.07) is 4.37. The predicted octanol–water partition coefficient (Wildman–Crippen LogP) is 1.79. The van der Waals surface area contributed by atoms with Crippen LogP contribution in [0.2, 0.25) is 0 Å². The normalized spacial score (nSPS) is 10.1. The molecule has 1 heterocycles. The fourth-order valence-electron chi connectivity index (χ4n) is 1.10. The van der Waals surface area contributed by atoms with Crippen LogP contribution in [0.15, 0.2) is 33.5 Å². The van der Waals surface area contributed by atoms with Crippen molar-refractivity contribution in [1.82, 2.24) is 10.2 Å². The Hall–Kier alpha value is -1.89. The minimum atomic E-state index is -0.444. The van der Waals surface area contributed by atoms with E-state index < -0.39 is 5.91 Å². The van der Waals surface area contributed by atoms with Crippen molar-refractivity contribution in [1.29, 1.82) is 0 Å². The average molecular weight is 284 g/mol. The molecule has 1 aromatic heterocycles. The molecule has 0 saturated carbocycles. The molecule has 0 aliphatic rings. The highest BCUT2D eigenvalue weighted by Gasteiger charge is 2.10. The van der Waals surface area contributed by atoms with E-state index in [0.29, 0.717) is 4.47 Å². The van der Waals surface area contributed by atoms with E-state index in [-0.39, 0.29) is 17.3 Å². The van der Waals surface area contributed by atoms with Crippen LogP contribution in [0, 0.1) is 0 Å². The molecule has 0 fully saturated rings. The van der Waals surface area contributed by atoms with Gasteiger partial charge in [-0.2, -0.15) is 0 Å². The van der Waals surface area contributed by atoms with Crippen molar-refractivity contribution >= 4 is 27.9 Å². The van der Waals surface area contributed by atoms with Gasteiger partial charge >= 0.3 is 6.01 Å². The fourth-order valence-corrected chi connectivity index (χ4v) is 1.58. The number of nitrogens with zero attached hydrogens (tertiary/aromatic N) is 2. The van der Waals surface area contributed by atoms with Gasteiger partial charge in [0.25, 0.3) is 5.91 Å². The van der Waals surface area contributed by atoms with E-state index in [4.69, 9.17) is 4.42 Å². The molecule has 0 aliphatic heterocycles. The molecule has 1 aromatic carbocycles. The maximum atomic E-state index is 11.6. The maximum absolute atomic E-state index is 11.6. The van der Waals surface area contributed by atoms with Crippen LogP contribution < -0.4 is 5.32 Å². The van der Waals surface area contributed by atoms with Crippen LogP contribution in [-0.2, 0) is 0 Å². The molecule has 82 valence electrons. The summed E-state index contributed by atoms with van der Waals surface area (Å²) < 4.78 is 5.36. The Bertz CT molecular complexity index is 492. The maximum Gasteiger partial charge on any atom is 0.322 e. The Balaban J connectivity index is 2.21. The van der Waals surface area contributed by atoms with Gasteiger partial charge in [0.2, 0.25) is 6.39 Å². The largest absolute Gasteiger partial charge is 0.508 e. The lowest BCUT2D eigenvalue weighted by Crippen LogP contribution is -2.12. The first-order valence-corrected chi connectivity index (χ1v) is 5.01. The number of benzene rings is 1. The lowest BCUT2D eigenvalue weighted by molar-refractivity contribution is 0.102. The third-order valence-electron chi connectivity index (χ3n) is 1.73. The monoisotopic (exact) mass is 283 g/mol. The van der Waals surface area contributed by atoms with E-state index in [2.05, 4.69) is 31.4 Å². The molecule has 0 unspecified atom stereocenters. The number of hydrogen-bond donors (Lipinski definition) is 2. The van der Waals surface area contributed by atoms with E-state index in [1.807, 2.05) is 0 Å². The summed E-state index contributed by atoms with van der Waals surface area (Å²) in [5, 5.41) is 18.6. The van der Waals surface area contributed by atoms with Gasteiger partial charge in [-0.1, -0.05) is 21.0 Å². The summed E-state index contributed by atoms with van der Waals surface area (Å²) >= 11 is 3.17. The van der Waals surface area contributed by atoms with Crippen LogP contribution >= 0.6 is 15.9 Å². The first-order valence-electron chi connectivity index (χ1n) is 4.22. The molecule has 0 aliphatic carbocycles. The lowest BCUT2D eigenvalue weighted by atomic mass is 10.2. The fraction of sp³-hybridized carbons (Fsp3) is 0. The second kappa shape index (κ2) is 4.31. The van der Waals surface area contributed by atoms with Gasteiger partial charge in [0.15, 0.2) is 0 Å². The van der Waals surface area contributed by atoms with Crippen LogP contribution in [-0.4, -0.2) is 21.2 Å². The predicted molar refractivity (Wildman–Crippen MR) is 58.1 cm³/mol. The second-order valence-electron chi connectivity index (χ2n) is 2.90. The van der Waals surface area contributed by atoms with Crippen molar-refractivity contribution in [2.75, 3.05) is 5.32 Å². The summed E-state index contributed by atoms with van der Waals surface area (Å²) in [6.45, 7) is 0. The summed E-state index contributed by atoms with van der Waals surface area (Å²) in [5.41, 5.74) is 0.282. The van der Waals surface area contributed by atoms with Crippen LogP contribution in [0.25, 0.3) is 0 Å². The number of amides is 1. The van der Waals surface area contributed by atoms with Gasteiger partial charge in [-0.25, -0.2) is 0 Å². The number of phenolic OH excluding ortho intramolecular Hbond substituents is 1. The van der Waals surface area contributed by atoms with Gasteiger partial charge in [0.1, 0.15) is 5.75 Å². The van der Waals surface area contributed by atoms with Gasteiger partial charge in [-0.15, -0.1) is 5.10 Å². The van der Waals surface area contributed by atoms with Gasteiger partial charge in [0, 0.05) is 10.0 Å². The third-order valence-corrected chi connectivity index (χ3v) is 2.18. The van der Waals surface area contributed by atoms with E-state index in [1.165, 1.54) is 12.1 Å². The molecule has 0 spiro atoms. The van der Waals surface area contributed by atoms with E-state index in [0.717, 1.165) is 6.39 Å². The highest BCUT2D eigenvalue weighted by Crippen LogP contribution is 2.20. The van der Waals surface area contributed by atoms with Crippen LogP contribution in [0.5, 0.6) is 5.75 Å². The number of nitrogens with one attached hydrogen (secondary N) is 1. The van der Waals surface area contributed by atoms with Crippen LogP contribution in [0.3, 0.4) is 0 Å². The molecule has 0 bridgehead atoms. The number of aromatic nitrogens is 2. The molecule has 0 atom stereocenters.